The zero-order valence-corrected chi connectivity index (χ0v) is 6.25. The van der Waals surface area contributed by atoms with E-state index in [9.17, 15) is 0 Å². The molecule has 0 aliphatic heterocycles. The first-order valence-electron chi connectivity index (χ1n) is 3.03. The van der Waals surface area contributed by atoms with Crippen molar-refractivity contribution in [2.45, 2.75) is 26.2 Å². The van der Waals surface area contributed by atoms with E-state index in [1.807, 2.05) is 20.8 Å². The first-order chi connectivity index (χ1) is 4.52. The van der Waals surface area contributed by atoms with Gasteiger partial charge in [0.25, 0.3) is 0 Å². The van der Waals surface area contributed by atoms with Crippen LogP contribution in [0.4, 0.5) is 0 Å². The average Bonchev–Trinajstić information content (AvgIpc) is 2.11. The van der Waals surface area contributed by atoms with Crippen LogP contribution in [-0.4, -0.2) is 15.5 Å². The first kappa shape index (κ1) is 7.05. The monoisotopic (exact) mass is 142 g/mol. The van der Waals surface area contributed by atoms with Gasteiger partial charge in [-0.3, -0.25) is 4.52 Å². The summed E-state index contributed by atoms with van der Waals surface area (Å²) in [6, 6.07) is 0. The van der Waals surface area contributed by atoms with Crippen LogP contribution < -0.4 is 0 Å². The van der Waals surface area contributed by atoms with Crippen LogP contribution in [0.15, 0.2) is 4.52 Å². The molecule has 0 aromatic carbocycles. The molecule has 1 rings (SSSR count). The number of aromatic hydroxyl groups is 1. The lowest BCUT2D eigenvalue weighted by atomic mass is 9.93. The molecule has 0 atom stereocenters. The third-order valence-corrected chi connectivity index (χ3v) is 1.18. The van der Waals surface area contributed by atoms with Crippen LogP contribution in [0.1, 0.15) is 26.5 Å². The summed E-state index contributed by atoms with van der Waals surface area (Å²) in [7, 11) is 0. The van der Waals surface area contributed by atoms with Gasteiger partial charge in [0.2, 0.25) is 0 Å². The molecule has 4 heteroatoms. The van der Waals surface area contributed by atoms with Crippen molar-refractivity contribution in [2.75, 3.05) is 0 Å². The van der Waals surface area contributed by atoms with Crippen LogP contribution in [0.5, 0.6) is 5.95 Å². The second kappa shape index (κ2) is 1.97. The summed E-state index contributed by atoms with van der Waals surface area (Å²) in [5.74, 6) is -0.187. The minimum absolute atomic E-state index is 0.187. The maximum atomic E-state index is 8.99. The largest absolute Gasteiger partial charge is 0.478 e. The Balaban J connectivity index is 3.05. The van der Waals surface area contributed by atoms with E-state index in [-0.39, 0.29) is 11.4 Å². The summed E-state index contributed by atoms with van der Waals surface area (Å²) in [5, 5.41) is 15.8. The van der Waals surface area contributed by atoms with Crippen molar-refractivity contribution in [3.63, 3.8) is 0 Å². The highest BCUT2D eigenvalue weighted by atomic mass is 16.6. The predicted octanol–water partition coefficient (Wildman–Crippen LogP) is 1.07. The topological polar surface area (TPSA) is 59.2 Å². The lowest BCUT2D eigenvalue weighted by Crippen LogP contribution is -2.11. The molecule has 0 aliphatic carbocycles. The van der Waals surface area contributed by atoms with Gasteiger partial charge in [-0.25, -0.2) is 0 Å². The summed E-state index contributed by atoms with van der Waals surface area (Å²) in [5.41, 5.74) is 0.289. The van der Waals surface area contributed by atoms with Crippen molar-refractivity contribution in [1.29, 1.82) is 0 Å². The van der Waals surface area contributed by atoms with Gasteiger partial charge in [0.1, 0.15) is 0 Å². The fourth-order valence-electron chi connectivity index (χ4n) is 0.657. The summed E-state index contributed by atoms with van der Waals surface area (Å²) in [6.45, 7) is 5.77. The smallest absolute Gasteiger partial charge is 0.333 e. The molecule has 0 spiro atoms. The van der Waals surface area contributed by atoms with Crippen LogP contribution in [0, 0.1) is 0 Å². The van der Waals surface area contributed by atoms with E-state index in [0.717, 1.165) is 0 Å². The standard InChI is InChI=1S/C6H10N2O2/c1-6(2,3)4-5(9)10-8-7-4/h9H,1-3H3. The molecule has 0 aliphatic rings. The fourth-order valence-corrected chi connectivity index (χ4v) is 0.657. The van der Waals surface area contributed by atoms with Gasteiger partial charge in [-0.15, -0.1) is 5.10 Å². The molecule has 0 amide bonds. The van der Waals surface area contributed by atoms with Crippen molar-refractivity contribution >= 4 is 0 Å². The lowest BCUT2D eigenvalue weighted by Gasteiger charge is -2.12. The maximum Gasteiger partial charge on any atom is 0.333 e. The Morgan fingerprint density at radius 2 is 2.00 bits per heavy atom. The van der Waals surface area contributed by atoms with Crippen molar-refractivity contribution in [2.24, 2.45) is 0 Å². The highest BCUT2D eigenvalue weighted by molar-refractivity contribution is 5.18. The third-order valence-electron chi connectivity index (χ3n) is 1.18. The Morgan fingerprint density at radius 3 is 2.20 bits per heavy atom. The Hall–Kier alpha value is -1.06. The average molecular weight is 142 g/mol. The van der Waals surface area contributed by atoms with E-state index < -0.39 is 0 Å². The molecule has 1 aromatic heterocycles. The van der Waals surface area contributed by atoms with Gasteiger partial charge in [0.05, 0.1) is 0 Å². The molecule has 1 aromatic rings. The van der Waals surface area contributed by atoms with Gasteiger partial charge < -0.3 is 5.11 Å². The van der Waals surface area contributed by atoms with Gasteiger partial charge in [-0.05, 0) is 0 Å². The lowest BCUT2D eigenvalue weighted by molar-refractivity contribution is 0.266. The molecule has 1 heterocycles. The molecule has 10 heavy (non-hydrogen) atoms. The molecule has 4 nitrogen and oxygen atoms in total. The number of nitrogens with zero attached hydrogens (tertiary/aromatic N) is 2. The maximum absolute atomic E-state index is 8.99. The molecule has 0 bridgehead atoms. The van der Waals surface area contributed by atoms with Gasteiger partial charge in [-0.2, -0.15) is 0 Å². The molecule has 0 saturated carbocycles. The van der Waals surface area contributed by atoms with Crippen molar-refractivity contribution in [3.05, 3.63) is 5.69 Å². The molecule has 0 saturated heterocycles. The van der Waals surface area contributed by atoms with Crippen LogP contribution in [0.25, 0.3) is 0 Å². The Bertz CT molecular complexity index is 224. The number of aromatic nitrogens is 2. The van der Waals surface area contributed by atoms with Gasteiger partial charge >= 0.3 is 5.95 Å². The van der Waals surface area contributed by atoms with Crippen molar-refractivity contribution in [1.82, 2.24) is 10.4 Å². The van der Waals surface area contributed by atoms with Gasteiger partial charge in [0, 0.05) is 10.7 Å². The van der Waals surface area contributed by atoms with E-state index in [1.165, 1.54) is 0 Å². The third kappa shape index (κ3) is 1.10. The second-order valence-corrected chi connectivity index (χ2v) is 3.18. The van der Waals surface area contributed by atoms with Crippen LogP contribution in [-0.2, 0) is 5.41 Å². The minimum atomic E-state index is -0.204. The van der Waals surface area contributed by atoms with Crippen molar-refractivity contribution < 1.29 is 9.63 Å². The molecule has 0 fully saturated rings. The molecule has 0 radical (unpaired) electrons. The van der Waals surface area contributed by atoms with Crippen LogP contribution >= 0.6 is 0 Å². The molecular weight excluding hydrogens is 132 g/mol. The summed E-state index contributed by atoms with van der Waals surface area (Å²) < 4.78 is 4.39. The zero-order chi connectivity index (χ0) is 7.78. The Labute approximate surface area is 58.8 Å². The summed E-state index contributed by atoms with van der Waals surface area (Å²) >= 11 is 0. The zero-order valence-electron chi connectivity index (χ0n) is 6.25. The van der Waals surface area contributed by atoms with E-state index in [1.54, 1.807) is 0 Å². The van der Waals surface area contributed by atoms with E-state index in [4.69, 9.17) is 5.11 Å². The highest BCUT2D eigenvalue weighted by Gasteiger charge is 2.23. The highest BCUT2D eigenvalue weighted by Crippen LogP contribution is 2.26. The first-order valence-corrected chi connectivity index (χ1v) is 3.03. The fraction of sp³-hybridized carbons (Fsp3) is 0.667. The minimum Gasteiger partial charge on any atom is -0.478 e. The predicted molar refractivity (Wildman–Crippen MR) is 34.7 cm³/mol. The number of hydrogen-bond acceptors (Lipinski definition) is 4. The van der Waals surface area contributed by atoms with Gasteiger partial charge in [0.15, 0.2) is 5.69 Å². The summed E-state index contributed by atoms with van der Waals surface area (Å²) in [4.78, 5) is 0. The normalized spacial score (nSPS) is 11.9. The summed E-state index contributed by atoms with van der Waals surface area (Å²) in [6.07, 6.45) is 0. The van der Waals surface area contributed by atoms with E-state index >= 15 is 0 Å². The van der Waals surface area contributed by atoms with E-state index in [2.05, 4.69) is 14.9 Å². The SMILES string of the molecule is CC(C)(C)c1nnoc1O. The molecule has 0 unspecified atom stereocenters. The molecule has 56 valence electrons. The van der Waals surface area contributed by atoms with E-state index in [0.29, 0.717) is 5.69 Å². The molecular formula is C6H10N2O2. The number of rotatable bonds is 0. The Morgan fingerprint density at radius 1 is 1.40 bits per heavy atom. The second-order valence-electron chi connectivity index (χ2n) is 3.18. The van der Waals surface area contributed by atoms with Gasteiger partial charge in [-0.1, -0.05) is 20.8 Å². The van der Waals surface area contributed by atoms with Crippen LogP contribution in [0.2, 0.25) is 0 Å². The number of hydrogen-bond donors (Lipinski definition) is 1. The van der Waals surface area contributed by atoms with Crippen molar-refractivity contribution in [3.8, 4) is 5.95 Å². The Kier molecular flexibility index (Phi) is 1.39. The molecule has 1 N–H and O–H groups in total. The quantitative estimate of drug-likeness (QED) is 0.588. The van der Waals surface area contributed by atoms with Crippen LogP contribution in [0.3, 0.4) is 0 Å².